The number of rotatable bonds is 10. The van der Waals surface area contributed by atoms with Gasteiger partial charge in [-0.3, -0.25) is 13.5 Å². The number of anilines is 1. The molecule has 1 N–H and O–H groups in total. The number of hydrogen-bond donors (Lipinski definition) is 1. The first-order valence-corrected chi connectivity index (χ1v) is 19.0. The summed E-state index contributed by atoms with van der Waals surface area (Å²) >= 11 is 0. The number of nitrogens with one attached hydrogen (secondary N) is 1. The molecule has 0 spiro atoms. The smallest absolute Gasteiger partial charge is 0.425 e. The van der Waals surface area contributed by atoms with Gasteiger partial charge in [0.2, 0.25) is 0 Å². The van der Waals surface area contributed by atoms with Gasteiger partial charge in [0.1, 0.15) is 48.2 Å². The van der Waals surface area contributed by atoms with E-state index in [1.807, 2.05) is 35.1 Å². The maximum absolute atomic E-state index is 13.4. The number of carbonyl (C=O) groups is 3. The minimum Gasteiger partial charge on any atom is -0.488 e. The Morgan fingerprint density at radius 3 is 2.16 bits per heavy atom. The van der Waals surface area contributed by atoms with Gasteiger partial charge in [0.05, 0.1) is 18.5 Å². The largest absolute Gasteiger partial charge is 0.488 e. The van der Waals surface area contributed by atoms with E-state index in [2.05, 4.69) is 15.0 Å². The number of imide groups is 1. The second-order valence-corrected chi connectivity index (χ2v) is 16.7. The summed E-state index contributed by atoms with van der Waals surface area (Å²) in [6.45, 7) is 12.8. The molecule has 0 saturated carbocycles. The highest BCUT2D eigenvalue weighted by Crippen LogP contribution is 2.44. The van der Waals surface area contributed by atoms with Crippen molar-refractivity contribution in [1.29, 1.82) is 0 Å². The van der Waals surface area contributed by atoms with E-state index in [1.54, 1.807) is 73.6 Å². The molecule has 4 aromatic rings. The molecule has 2 aromatic heterocycles. The molecule has 18 nitrogen and oxygen atoms in total. The second kappa shape index (κ2) is 15.4. The van der Waals surface area contributed by atoms with Crippen LogP contribution in [0.4, 0.5) is 15.4 Å². The van der Waals surface area contributed by atoms with Gasteiger partial charge in [-0.15, -0.1) is 0 Å². The Morgan fingerprint density at radius 1 is 0.875 bits per heavy atom. The lowest BCUT2D eigenvalue weighted by Gasteiger charge is -2.28. The van der Waals surface area contributed by atoms with Crippen molar-refractivity contribution in [2.75, 3.05) is 11.5 Å². The van der Waals surface area contributed by atoms with Gasteiger partial charge in [-0.1, -0.05) is 42.5 Å². The summed E-state index contributed by atoms with van der Waals surface area (Å²) in [4.78, 5) is 53.6. The molecule has 2 aliphatic heterocycles. The monoisotopic (exact) mass is 796 g/mol. The third kappa shape index (κ3) is 9.42. The van der Waals surface area contributed by atoms with Crippen molar-refractivity contribution in [2.45, 2.75) is 104 Å². The van der Waals surface area contributed by atoms with E-state index in [-0.39, 0.29) is 34.9 Å². The zero-order valence-corrected chi connectivity index (χ0v) is 32.9. The molecule has 0 bridgehead atoms. The minimum absolute atomic E-state index is 0.0144. The van der Waals surface area contributed by atoms with Gasteiger partial charge in [-0.2, -0.15) is 13.3 Å². The summed E-state index contributed by atoms with van der Waals surface area (Å²) in [6.07, 6.45) is -3.40. The average Bonchev–Trinajstić information content (AvgIpc) is 3.76. The summed E-state index contributed by atoms with van der Waals surface area (Å²) < 4.78 is 70.3. The molecule has 4 atom stereocenters. The Balaban J connectivity index is 1.21. The average molecular weight is 797 g/mol. The Kier molecular flexibility index (Phi) is 11.1. The van der Waals surface area contributed by atoms with Crippen LogP contribution in [0.25, 0.3) is 11.2 Å². The summed E-state index contributed by atoms with van der Waals surface area (Å²) in [5, 5.41) is 0. The Bertz CT molecular complexity index is 2170. The van der Waals surface area contributed by atoms with Crippen molar-refractivity contribution >= 4 is 45.4 Å². The molecule has 2 aromatic carbocycles. The standard InChI is InChI=1S/C37H44N6O12S/c1-35(2,3)54-33(45)43(34(46)55-36(4,5)6)30-26-29(38-20-39-30)42(21-40-26)32-28-27(52-37(7,8)53-28)25(51-32)19-50-56(47,48)41-31(44)23-16-12-13-17-24(23)49-18-22-14-10-9-11-15-22/h9-17,20-21,25,27-28,32H,18-19H2,1-8H3,(H,41,44)/t25-,27-,28-,32-/m1/s1. The van der Waals surface area contributed by atoms with Crippen molar-refractivity contribution in [3.63, 3.8) is 0 Å². The molecule has 2 aliphatic rings. The normalized spacial score (nSPS) is 20.6. The van der Waals surface area contributed by atoms with Crippen molar-refractivity contribution in [2.24, 2.45) is 0 Å². The van der Waals surface area contributed by atoms with Crippen molar-refractivity contribution in [1.82, 2.24) is 24.2 Å². The fourth-order valence-electron chi connectivity index (χ4n) is 5.94. The first-order chi connectivity index (χ1) is 26.2. The molecule has 4 heterocycles. The number of ether oxygens (including phenoxy) is 6. The van der Waals surface area contributed by atoms with Gasteiger partial charge in [0.25, 0.3) is 5.91 Å². The van der Waals surface area contributed by atoms with Crippen LogP contribution in [-0.2, 0) is 44.8 Å². The van der Waals surface area contributed by atoms with Gasteiger partial charge >= 0.3 is 22.5 Å². The van der Waals surface area contributed by atoms with Crippen molar-refractivity contribution in [3.8, 4) is 5.75 Å². The lowest BCUT2D eigenvalue weighted by atomic mass is 10.1. The third-order valence-corrected chi connectivity index (χ3v) is 8.96. The van der Waals surface area contributed by atoms with Crippen LogP contribution in [0.1, 0.15) is 77.5 Å². The minimum atomic E-state index is -4.69. The molecule has 300 valence electrons. The Labute approximate surface area is 323 Å². The molecule has 0 radical (unpaired) electrons. The second-order valence-electron chi connectivity index (χ2n) is 15.4. The predicted molar refractivity (Wildman–Crippen MR) is 198 cm³/mol. The topological polar surface area (TPSA) is 209 Å². The lowest BCUT2D eigenvalue weighted by molar-refractivity contribution is -0.198. The number of amides is 3. The van der Waals surface area contributed by atoms with Crippen LogP contribution in [-0.4, -0.2) is 87.9 Å². The van der Waals surface area contributed by atoms with Gasteiger partial charge < -0.3 is 28.4 Å². The number of nitrogens with zero attached hydrogens (tertiary/aromatic N) is 5. The van der Waals surface area contributed by atoms with Crippen LogP contribution in [0.15, 0.2) is 67.3 Å². The van der Waals surface area contributed by atoms with Gasteiger partial charge in [-0.05, 0) is 73.1 Å². The van der Waals surface area contributed by atoms with E-state index in [1.165, 1.54) is 17.0 Å². The summed E-state index contributed by atoms with van der Waals surface area (Å²) in [7, 11) is -4.69. The maximum atomic E-state index is 13.4. The van der Waals surface area contributed by atoms with E-state index in [4.69, 9.17) is 32.6 Å². The van der Waals surface area contributed by atoms with Crippen molar-refractivity contribution < 1.29 is 55.4 Å². The van der Waals surface area contributed by atoms with E-state index in [9.17, 15) is 22.8 Å². The van der Waals surface area contributed by atoms with Crippen LogP contribution < -0.4 is 14.4 Å². The van der Waals surface area contributed by atoms with Crippen LogP contribution in [0.2, 0.25) is 0 Å². The van der Waals surface area contributed by atoms with Crippen LogP contribution in [0.3, 0.4) is 0 Å². The Morgan fingerprint density at radius 2 is 1.50 bits per heavy atom. The summed E-state index contributed by atoms with van der Waals surface area (Å²) in [6, 6.07) is 15.5. The molecule has 2 saturated heterocycles. The Hall–Kier alpha value is -5.21. The van der Waals surface area contributed by atoms with E-state index < -0.39 is 76.5 Å². The highest BCUT2D eigenvalue weighted by atomic mass is 32.2. The molecular weight excluding hydrogens is 753 g/mol. The summed E-state index contributed by atoms with van der Waals surface area (Å²) in [5.74, 6) is -2.13. The molecular formula is C37H44N6O12S. The van der Waals surface area contributed by atoms with E-state index in [0.29, 0.717) is 4.90 Å². The van der Waals surface area contributed by atoms with E-state index >= 15 is 0 Å². The van der Waals surface area contributed by atoms with Gasteiger partial charge in [0.15, 0.2) is 29.0 Å². The molecule has 3 amide bonds. The molecule has 19 heteroatoms. The van der Waals surface area contributed by atoms with Gasteiger partial charge in [0, 0.05) is 0 Å². The zero-order chi connectivity index (χ0) is 40.6. The van der Waals surface area contributed by atoms with Crippen LogP contribution >= 0.6 is 0 Å². The molecule has 56 heavy (non-hydrogen) atoms. The highest BCUT2D eigenvalue weighted by Gasteiger charge is 2.56. The SMILES string of the molecule is CC(C)(C)OC(=O)N(C(=O)OC(C)(C)C)c1ncnc2c1ncn2[C@@H]1O[C@H](COS(=O)(=O)NC(=O)c2ccccc2OCc2ccccc2)[C@H]2OC(C)(C)O[C@H]21. The molecule has 0 aliphatic carbocycles. The number of carbonyl (C=O) groups excluding carboxylic acids is 3. The lowest BCUT2D eigenvalue weighted by Crippen LogP contribution is -2.44. The molecule has 6 rings (SSSR count). The maximum Gasteiger partial charge on any atom is 0.425 e. The van der Waals surface area contributed by atoms with E-state index in [0.717, 1.165) is 11.9 Å². The van der Waals surface area contributed by atoms with Crippen LogP contribution in [0, 0.1) is 0 Å². The third-order valence-electron chi connectivity index (χ3n) is 8.08. The number of aromatic nitrogens is 4. The first-order valence-electron chi connectivity index (χ1n) is 17.6. The quantitative estimate of drug-likeness (QED) is 0.219. The number of hydrogen-bond acceptors (Lipinski definition) is 15. The van der Waals surface area contributed by atoms with Crippen molar-refractivity contribution in [3.05, 3.63) is 78.4 Å². The number of benzene rings is 2. The molecule has 2 fully saturated rings. The number of imidazole rings is 1. The number of para-hydroxylation sites is 1. The molecule has 0 unspecified atom stereocenters. The summed E-state index contributed by atoms with van der Waals surface area (Å²) in [5.41, 5.74) is -0.978. The fraction of sp³-hybridized carbons (Fsp3) is 0.459. The van der Waals surface area contributed by atoms with Gasteiger partial charge in [-0.25, -0.2) is 29.3 Å². The number of fused-ring (bicyclic) bond motifs is 2. The highest BCUT2D eigenvalue weighted by molar-refractivity contribution is 7.85. The van der Waals surface area contributed by atoms with Crippen LogP contribution in [0.5, 0.6) is 5.75 Å². The zero-order valence-electron chi connectivity index (χ0n) is 32.1. The fourth-order valence-corrected chi connectivity index (χ4v) is 6.65. The first kappa shape index (κ1) is 40.5. The predicted octanol–water partition coefficient (Wildman–Crippen LogP) is 5.19.